The summed E-state index contributed by atoms with van der Waals surface area (Å²) in [6.45, 7) is -0.531. The van der Waals surface area contributed by atoms with Crippen LogP contribution in [0.1, 0.15) is 6.42 Å². The lowest BCUT2D eigenvalue weighted by Crippen LogP contribution is -2.39. The van der Waals surface area contributed by atoms with E-state index in [2.05, 4.69) is 5.32 Å². The highest BCUT2D eigenvalue weighted by Crippen LogP contribution is 2.21. The summed E-state index contributed by atoms with van der Waals surface area (Å²) >= 11 is 11.2. The van der Waals surface area contributed by atoms with Crippen molar-refractivity contribution in [2.75, 3.05) is 33.4 Å². The molecule has 2 rings (SSSR count). The van der Waals surface area contributed by atoms with E-state index in [9.17, 15) is 23.5 Å². The molecule has 0 saturated heterocycles. The fraction of sp³-hybridized carbons (Fsp3) is 0.333. The number of aliphatic hydroxyl groups excluding tert-OH is 1. The molecule has 32 heavy (non-hydrogen) atoms. The fourth-order valence-corrected chi connectivity index (χ4v) is 2.71. The molecular weight excluding hydrogens is 469 g/mol. The molecule has 0 fully saturated rings. The third-order valence-corrected chi connectivity index (χ3v) is 4.84. The van der Waals surface area contributed by atoms with Crippen molar-refractivity contribution in [1.82, 2.24) is 10.2 Å². The quantitative estimate of drug-likeness (QED) is 0.505. The lowest BCUT2D eigenvalue weighted by atomic mass is 10.2. The Bertz CT molecular complexity index is 948. The van der Waals surface area contributed by atoms with Crippen LogP contribution in [0.15, 0.2) is 36.4 Å². The zero-order valence-corrected chi connectivity index (χ0v) is 18.6. The maximum Gasteiger partial charge on any atom is 0.260 e. The van der Waals surface area contributed by atoms with Crippen LogP contribution in [0.5, 0.6) is 11.5 Å². The van der Waals surface area contributed by atoms with Crippen LogP contribution in [0.3, 0.4) is 0 Å². The number of rotatable bonds is 11. The maximum absolute atomic E-state index is 13.4. The van der Waals surface area contributed by atoms with E-state index in [1.807, 2.05) is 0 Å². The molecule has 0 spiro atoms. The summed E-state index contributed by atoms with van der Waals surface area (Å²) in [7, 11) is 1.48. The van der Waals surface area contributed by atoms with Crippen LogP contribution in [0.4, 0.5) is 8.78 Å². The Kier molecular flexibility index (Phi) is 9.96. The van der Waals surface area contributed by atoms with E-state index in [-0.39, 0.29) is 54.3 Å². The normalized spacial score (nSPS) is 11.6. The first-order valence-electron chi connectivity index (χ1n) is 9.50. The van der Waals surface area contributed by atoms with Gasteiger partial charge in [0, 0.05) is 32.3 Å². The Balaban J connectivity index is 1.63. The van der Waals surface area contributed by atoms with E-state index >= 15 is 0 Å². The number of hydrogen-bond donors (Lipinski definition) is 2. The largest absolute Gasteiger partial charge is 0.484 e. The lowest BCUT2D eigenvalue weighted by molar-refractivity contribution is -0.133. The average Bonchev–Trinajstić information content (AvgIpc) is 2.75. The zero-order chi connectivity index (χ0) is 23.7. The molecule has 0 aliphatic carbocycles. The van der Waals surface area contributed by atoms with Crippen molar-refractivity contribution in [2.24, 2.45) is 0 Å². The Morgan fingerprint density at radius 3 is 2.09 bits per heavy atom. The summed E-state index contributed by atoms with van der Waals surface area (Å²) in [5.74, 6) is -1.89. The van der Waals surface area contributed by atoms with Gasteiger partial charge in [-0.2, -0.15) is 0 Å². The first-order valence-corrected chi connectivity index (χ1v) is 10.3. The number of likely N-dealkylation sites (N-methyl/N-ethyl adjacent to an activating group) is 1. The number of amides is 2. The molecule has 11 heteroatoms. The fourth-order valence-electron chi connectivity index (χ4n) is 2.48. The number of halogens is 4. The summed E-state index contributed by atoms with van der Waals surface area (Å²) < 4.78 is 37.1. The first kappa shape index (κ1) is 25.6. The van der Waals surface area contributed by atoms with Crippen molar-refractivity contribution in [1.29, 1.82) is 0 Å². The van der Waals surface area contributed by atoms with E-state index in [0.717, 1.165) is 12.1 Å². The minimum atomic E-state index is -0.900. The first-order chi connectivity index (χ1) is 15.2. The van der Waals surface area contributed by atoms with Gasteiger partial charge in [-0.05, 0) is 30.7 Å². The van der Waals surface area contributed by atoms with Gasteiger partial charge in [0.25, 0.3) is 11.8 Å². The predicted octanol–water partition coefficient (Wildman–Crippen LogP) is 3.06. The Morgan fingerprint density at radius 1 is 1.03 bits per heavy atom. The molecule has 2 aromatic rings. The van der Waals surface area contributed by atoms with Gasteiger partial charge in [0.15, 0.2) is 13.2 Å². The van der Waals surface area contributed by atoms with Gasteiger partial charge >= 0.3 is 0 Å². The van der Waals surface area contributed by atoms with Crippen LogP contribution >= 0.6 is 23.2 Å². The van der Waals surface area contributed by atoms with Gasteiger partial charge in [-0.15, -0.1) is 0 Å². The lowest BCUT2D eigenvalue weighted by Gasteiger charge is -2.21. The van der Waals surface area contributed by atoms with Crippen molar-refractivity contribution in [3.05, 3.63) is 58.1 Å². The molecule has 2 amide bonds. The van der Waals surface area contributed by atoms with Gasteiger partial charge in [0.05, 0.1) is 16.1 Å². The highest BCUT2D eigenvalue weighted by molar-refractivity contribution is 6.31. The molecule has 1 atom stereocenters. The van der Waals surface area contributed by atoms with Crippen LogP contribution < -0.4 is 14.8 Å². The molecule has 0 saturated carbocycles. The number of nitrogens with zero attached hydrogens (tertiary/aromatic N) is 1. The molecule has 0 aliphatic rings. The number of hydrogen-bond acceptors (Lipinski definition) is 5. The van der Waals surface area contributed by atoms with Crippen LogP contribution in [0, 0.1) is 11.6 Å². The highest BCUT2D eigenvalue weighted by Gasteiger charge is 2.15. The van der Waals surface area contributed by atoms with Gasteiger partial charge in [0.1, 0.15) is 23.1 Å². The number of carbonyl (C=O) groups excluding carboxylic acids is 2. The highest BCUT2D eigenvalue weighted by atomic mass is 35.5. The maximum atomic E-state index is 13.4. The second-order valence-corrected chi connectivity index (χ2v) is 7.61. The van der Waals surface area contributed by atoms with Crippen LogP contribution in [0.25, 0.3) is 0 Å². The standard InChI is InChI=1S/C21H22Cl2F2N2O5/c1-27(21(30)12-32-15-3-5-17(23)19(25)9-15)10-13(28)6-7-26-20(29)11-31-14-2-4-16(22)18(24)8-14/h2-5,8-9,13,28H,6-7,10-12H2,1H3,(H,26,29)/t13-/m0/s1. The van der Waals surface area contributed by atoms with Gasteiger partial charge in [-0.1, -0.05) is 23.2 Å². The van der Waals surface area contributed by atoms with Crippen molar-refractivity contribution in [3.8, 4) is 11.5 Å². The molecule has 174 valence electrons. The minimum Gasteiger partial charge on any atom is -0.484 e. The zero-order valence-electron chi connectivity index (χ0n) is 17.1. The molecule has 0 aromatic heterocycles. The van der Waals surface area contributed by atoms with Crippen LogP contribution in [0.2, 0.25) is 10.0 Å². The monoisotopic (exact) mass is 490 g/mol. The predicted molar refractivity (Wildman–Crippen MR) is 115 cm³/mol. The number of benzene rings is 2. The Morgan fingerprint density at radius 2 is 1.56 bits per heavy atom. The number of aliphatic hydroxyl groups is 1. The summed E-state index contributed by atoms with van der Waals surface area (Å²) in [6, 6.07) is 7.64. The van der Waals surface area contributed by atoms with E-state index in [4.69, 9.17) is 32.7 Å². The van der Waals surface area contributed by atoms with Gasteiger partial charge in [0.2, 0.25) is 0 Å². The molecule has 7 nitrogen and oxygen atoms in total. The number of nitrogens with one attached hydrogen (secondary N) is 1. The summed E-state index contributed by atoms with van der Waals surface area (Å²) in [6.07, 6.45) is -0.717. The topological polar surface area (TPSA) is 88.1 Å². The molecule has 0 radical (unpaired) electrons. The number of ether oxygens (including phenoxy) is 2. The summed E-state index contributed by atoms with van der Waals surface area (Å²) in [4.78, 5) is 25.2. The third-order valence-electron chi connectivity index (χ3n) is 4.22. The van der Waals surface area contributed by atoms with Crippen LogP contribution in [-0.4, -0.2) is 61.3 Å². The minimum absolute atomic E-state index is 0.00753. The molecule has 0 unspecified atom stereocenters. The molecule has 2 aromatic carbocycles. The van der Waals surface area contributed by atoms with E-state index in [0.29, 0.717) is 0 Å². The van der Waals surface area contributed by atoms with E-state index in [1.165, 1.54) is 36.2 Å². The van der Waals surface area contributed by atoms with E-state index in [1.54, 1.807) is 0 Å². The SMILES string of the molecule is CN(C[C@@H](O)CCNC(=O)COc1ccc(Cl)c(F)c1)C(=O)COc1ccc(Cl)c(F)c1. The molecule has 2 N–H and O–H groups in total. The van der Waals surface area contributed by atoms with Gasteiger partial charge in [-0.3, -0.25) is 9.59 Å². The third kappa shape index (κ3) is 8.49. The summed E-state index contributed by atoms with van der Waals surface area (Å²) in [5, 5.41) is 12.5. The van der Waals surface area contributed by atoms with E-state index < -0.39 is 29.6 Å². The van der Waals surface area contributed by atoms with Gasteiger partial charge in [-0.25, -0.2) is 8.78 Å². The van der Waals surface area contributed by atoms with Crippen molar-refractivity contribution in [2.45, 2.75) is 12.5 Å². The molecule has 0 aliphatic heterocycles. The van der Waals surface area contributed by atoms with Gasteiger partial charge < -0.3 is 24.8 Å². The second-order valence-electron chi connectivity index (χ2n) is 6.80. The van der Waals surface area contributed by atoms with Crippen molar-refractivity contribution < 1.29 is 33.0 Å². The summed E-state index contributed by atoms with van der Waals surface area (Å²) in [5.41, 5.74) is 0. The Labute approximate surface area is 193 Å². The second kappa shape index (κ2) is 12.4. The molecular formula is C21H22Cl2F2N2O5. The van der Waals surface area contributed by atoms with Crippen LogP contribution in [-0.2, 0) is 9.59 Å². The molecule has 0 heterocycles. The number of carbonyl (C=O) groups is 2. The Hall–Kier alpha value is -2.62. The smallest absolute Gasteiger partial charge is 0.260 e. The van der Waals surface area contributed by atoms with Crippen molar-refractivity contribution in [3.63, 3.8) is 0 Å². The average molecular weight is 491 g/mol. The molecule has 0 bridgehead atoms. The van der Waals surface area contributed by atoms with Crippen molar-refractivity contribution >= 4 is 35.0 Å².